The second kappa shape index (κ2) is 5.25. The summed E-state index contributed by atoms with van der Waals surface area (Å²) in [6, 6.07) is 3.93. The Bertz CT molecular complexity index is 513. The van der Waals surface area contributed by atoms with Crippen LogP contribution in [-0.2, 0) is 6.54 Å². The van der Waals surface area contributed by atoms with Gasteiger partial charge in [-0.1, -0.05) is 11.8 Å². The summed E-state index contributed by atoms with van der Waals surface area (Å²) in [6.07, 6.45) is 3.28. The number of rotatable bonds is 3. The lowest BCUT2D eigenvalue weighted by Crippen LogP contribution is -2.04. The summed E-state index contributed by atoms with van der Waals surface area (Å²) in [4.78, 5) is 13.6. The maximum atomic E-state index is 5.77. The summed E-state index contributed by atoms with van der Waals surface area (Å²) in [7, 11) is 0. The summed E-state index contributed by atoms with van der Waals surface area (Å²) in [6.45, 7) is 4.46. The number of nitrogens with two attached hydrogens (primary N) is 1. The first-order valence-corrected chi connectivity index (χ1v) is 6.13. The minimum absolute atomic E-state index is 0.493. The Morgan fingerprint density at radius 2 is 2.18 bits per heavy atom. The molecule has 5 heteroatoms. The van der Waals surface area contributed by atoms with E-state index in [9.17, 15) is 0 Å². The predicted molar refractivity (Wildman–Crippen MR) is 67.8 cm³/mol. The van der Waals surface area contributed by atoms with Gasteiger partial charge in [0.05, 0.1) is 0 Å². The maximum Gasteiger partial charge on any atom is 0.116 e. The molecule has 2 aromatic heterocycles. The zero-order valence-electron chi connectivity index (χ0n) is 9.84. The monoisotopic (exact) mass is 246 g/mol. The van der Waals surface area contributed by atoms with Crippen molar-refractivity contribution in [2.45, 2.75) is 30.3 Å². The maximum absolute atomic E-state index is 5.77. The Morgan fingerprint density at radius 3 is 2.82 bits per heavy atom. The van der Waals surface area contributed by atoms with Crippen LogP contribution in [0.15, 0.2) is 34.6 Å². The van der Waals surface area contributed by atoms with E-state index in [2.05, 4.69) is 15.0 Å². The third-order valence-corrected chi connectivity index (χ3v) is 3.43. The van der Waals surface area contributed by atoms with E-state index in [1.165, 1.54) is 0 Å². The fraction of sp³-hybridized carbons (Fsp3) is 0.250. The average molecular weight is 246 g/mol. The van der Waals surface area contributed by atoms with Crippen molar-refractivity contribution in [3.63, 3.8) is 0 Å². The molecule has 0 bridgehead atoms. The highest BCUT2D eigenvalue weighted by molar-refractivity contribution is 7.99. The lowest BCUT2D eigenvalue weighted by molar-refractivity contribution is 0.942. The van der Waals surface area contributed by atoms with Gasteiger partial charge in [0.15, 0.2) is 0 Å². The lowest BCUT2D eigenvalue weighted by Gasteiger charge is -2.10. The average Bonchev–Trinajstić information content (AvgIpc) is 2.30. The van der Waals surface area contributed by atoms with Crippen LogP contribution in [0.25, 0.3) is 0 Å². The summed E-state index contributed by atoms with van der Waals surface area (Å²) in [5, 5.41) is 0.916. The second-order valence-electron chi connectivity index (χ2n) is 3.68. The van der Waals surface area contributed by atoms with Gasteiger partial charge in [-0.05, 0) is 26.0 Å². The van der Waals surface area contributed by atoms with E-state index >= 15 is 0 Å². The van der Waals surface area contributed by atoms with E-state index in [4.69, 9.17) is 5.73 Å². The van der Waals surface area contributed by atoms with Gasteiger partial charge in [-0.15, -0.1) is 0 Å². The first kappa shape index (κ1) is 12.0. The smallest absolute Gasteiger partial charge is 0.116 e. The molecule has 0 amide bonds. The minimum Gasteiger partial charge on any atom is -0.326 e. The van der Waals surface area contributed by atoms with Gasteiger partial charge in [-0.2, -0.15) is 0 Å². The van der Waals surface area contributed by atoms with Crippen LogP contribution in [-0.4, -0.2) is 15.0 Å². The molecule has 0 aliphatic rings. The van der Waals surface area contributed by atoms with Crippen LogP contribution < -0.4 is 5.73 Å². The van der Waals surface area contributed by atoms with Gasteiger partial charge in [0.25, 0.3) is 0 Å². The Morgan fingerprint density at radius 1 is 1.35 bits per heavy atom. The van der Waals surface area contributed by atoms with E-state index < -0.39 is 0 Å². The first-order valence-electron chi connectivity index (χ1n) is 5.31. The largest absolute Gasteiger partial charge is 0.326 e. The van der Waals surface area contributed by atoms with Crippen molar-refractivity contribution in [2.24, 2.45) is 5.73 Å². The van der Waals surface area contributed by atoms with Crippen LogP contribution in [0.3, 0.4) is 0 Å². The molecule has 0 radical (unpaired) electrons. The first-order chi connectivity index (χ1) is 8.20. The van der Waals surface area contributed by atoms with Crippen LogP contribution in [0.4, 0.5) is 0 Å². The highest BCUT2D eigenvalue weighted by atomic mass is 32.2. The molecule has 0 spiro atoms. The molecule has 2 heterocycles. The summed E-state index contributed by atoms with van der Waals surface area (Å²) >= 11 is 1.60. The third-order valence-electron chi connectivity index (χ3n) is 2.39. The Labute approximate surface area is 105 Å². The molecule has 0 atom stereocenters. The zero-order valence-corrected chi connectivity index (χ0v) is 10.7. The topological polar surface area (TPSA) is 64.7 Å². The molecule has 0 saturated heterocycles. The van der Waals surface area contributed by atoms with Crippen LogP contribution in [0.5, 0.6) is 0 Å². The standard InChI is InChI=1S/C12H14N4S/c1-8-5-11(10(6-13)9(2)16-8)17-12-3-4-14-7-15-12/h3-5,7H,6,13H2,1-2H3. The van der Waals surface area contributed by atoms with Crippen molar-refractivity contribution in [3.8, 4) is 0 Å². The summed E-state index contributed by atoms with van der Waals surface area (Å²) in [5.41, 5.74) is 8.84. The van der Waals surface area contributed by atoms with E-state index in [0.29, 0.717) is 6.54 Å². The van der Waals surface area contributed by atoms with Crippen molar-refractivity contribution in [2.75, 3.05) is 0 Å². The van der Waals surface area contributed by atoms with Gasteiger partial charge >= 0.3 is 0 Å². The quantitative estimate of drug-likeness (QED) is 0.840. The van der Waals surface area contributed by atoms with Crippen LogP contribution in [0, 0.1) is 13.8 Å². The highest BCUT2D eigenvalue weighted by Crippen LogP contribution is 2.30. The van der Waals surface area contributed by atoms with E-state index in [-0.39, 0.29) is 0 Å². The summed E-state index contributed by atoms with van der Waals surface area (Å²) < 4.78 is 0. The number of aryl methyl sites for hydroxylation is 2. The van der Waals surface area contributed by atoms with E-state index in [0.717, 1.165) is 26.9 Å². The number of aromatic nitrogens is 3. The Kier molecular flexibility index (Phi) is 3.71. The molecule has 2 aromatic rings. The molecule has 0 aromatic carbocycles. The zero-order chi connectivity index (χ0) is 12.3. The van der Waals surface area contributed by atoms with Gasteiger partial charge in [0, 0.05) is 34.6 Å². The van der Waals surface area contributed by atoms with Gasteiger partial charge in [0.2, 0.25) is 0 Å². The molecule has 0 aliphatic carbocycles. The number of nitrogens with zero attached hydrogens (tertiary/aromatic N) is 3. The number of hydrogen-bond donors (Lipinski definition) is 1. The summed E-state index contributed by atoms with van der Waals surface area (Å²) in [5.74, 6) is 0. The highest BCUT2D eigenvalue weighted by Gasteiger charge is 2.09. The molecule has 88 valence electrons. The fourth-order valence-corrected chi connectivity index (χ4v) is 2.65. The van der Waals surface area contributed by atoms with Crippen molar-refractivity contribution in [3.05, 3.63) is 41.6 Å². The Balaban J connectivity index is 2.38. The SMILES string of the molecule is Cc1cc(Sc2ccncn2)c(CN)c(C)n1. The van der Waals surface area contributed by atoms with Gasteiger partial charge in [0.1, 0.15) is 11.4 Å². The van der Waals surface area contributed by atoms with Crippen molar-refractivity contribution < 1.29 is 0 Å². The van der Waals surface area contributed by atoms with Crippen LogP contribution in [0.1, 0.15) is 17.0 Å². The molecular weight excluding hydrogens is 232 g/mol. The number of hydrogen-bond acceptors (Lipinski definition) is 5. The molecular formula is C12H14N4S. The lowest BCUT2D eigenvalue weighted by atomic mass is 10.2. The van der Waals surface area contributed by atoms with Gasteiger partial charge in [-0.25, -0.2) is 9.97 Å². The van der Waals surface area contributed by atoms with Crippen molar-refractivity contribution in [1.29, 1.82) is 0 Å². The molecule has 0 saturated carbocycles. The van der Waals surface area contributed by atoms with E-state index in [1.54, 1.807) is 24.3 Å². The van der Waals surface area contributed by atoms with Crippen molar-refractivity contribution in [1.82, 2.24) is 15.0 Å². The van der Waals surface area contributed by atoms with Gasteiger partial charge in [-0.3, -0.25) is 4.98 Å². The molecule has 0 fully saturated rings. The molecule has 2 N–H and O–H groups in total. The van der Waals surface area contributed by atoms with E-state index in [1.807, 2.05) is 26.0 Å². The fourth-order valence-electron chi connectivity index (χ4n) is 1.61. The molecule has 0 unspecified atom stereocenters. The normalized spacial score (nSPS) is 10.5. The minimum atomic E-state index is 0.493. The Hall–Kier alpha value is -1.46. The molecule has 17 heavy (non-hydrogen) atoms. The molecule has 2 rings (SSSR count). The van der Waals surface area contributed by atoms with Crippen LogP contribution in [0.2, 0.25) is 0 Å². The second-order valence-corrected chi connectivity index (χ2v) is 4.74. The van der Waals surface area contributed by atoms with Crippen molar-refractivity contribution >= 4 is 11.8 Å². The number of pyridine rings is 1. The molecule has 4 nitrogen and oxygen atoms in total. The van der Waals surface area contributed by atoms with Gasteiger partial charge < -0.3 is 5.73 Å². The van der Waals surface area contributed by atoms with Crippen LogP contribution >= 0.6 is 11.8 Å². The predicted octanol–water partition coefficient (Wildman–Crippen LogP) is 2.10. The molecule has 0 aliphatic heterocycles. The third kappa shape index (κ3) is 2.81.